The molecule has 13 heavy (non-hydrogen) atoms. The highest BCUT2D eigenvalue weighted by atomic mass is 35.5. The van der Waals surface area contributed by atoms with E-state index in [9.17, 15) is 13.2 Å². The normalized spacial score (nSPS) is 14.2. The summed E-state index contributed by atoms with van der Waals surface area (Å²) in [6.07, 6.45) is -6.20. The quantitative estimate of drug-likeness (QED) is 0.774. The van der Waals surface area contributed by atoms with Crippen molar-refractivity contribution in [2.45, 2.75) is 12.3 Å². The van der Waals surface area contributed by atoms with Crippen LogP contribution in [-0.2, 0) is 0 Å². The molecule has 0 fully saturated rings. The number of hydrogen-bond acceptors (Lipinski definition) is 2. The zero-order valence-electron chi connectivity index (χ0n) is 6.22. The Morgan fingerprint density at radius 2 is 2.00 bits per heavy atom. The van der Waals surface area contributed by atoms with Gasteiger partial charge in [-0.3, -0.25) is 4.98 Å². The maximum Gasteiger partial charge on any atom is 0.420 e. The van der Waals surface area contributed by atoms with E-state index in [4.69, 9.17) is 16.7 Å². The van der Waals surface area contributed by atoms with Gasteiger partial charge >= 0.3 is 6.18 Å². The highest BCUT2D eigenvalue weighted by Crippen LogP contribution is 2.31. The van der Waals surface area contributed by atoms with Crippen LogP contribution < -0.4 is 0 Å². The number of aliphatic hydroxyl groups excluding tert-OH is 1. The lowest BCUT2D eigenvalue weighted by Gasteiger charge is -2.13. The number of aromatic nitrogens is 1. The molecule has 0 bridgehead atoms. The molecule has 0 saturated heterocycles. The van der Waals surface area contributed by atoms with Crippen LogP contribution >= 0.6 is 11.6 Å². The van der Waals surface area contributed by atoms with E-state index in [2.05, 4.69) is 4.98 Å². The highest BCUT2D eigenvalue weighted by Gasteiger charge is 2.40. The van der Waals surface area contributed by atoms with E-state index in [1.54, 1.807) is 0 Å². The minimum absolute atomic E-state index is 0.220. The summed E-state index contributed by atoms with van der Waals surface area (Å²) < 4.78 is 35.7. The van der Waals surface area contributed by atoms with Crippen LogP contribution in [-0.4, -0.2) is 16.3 Å². The summed E-state index contributed by atoms with van der Waals surface area (Å²) in [6.45, 7) is 0. The van der Waals surface area contributed by atoms with Gasteiger partial charge in [0.2, 0.25) is 0 Å². The number of hydrogen-bond donors (Lipinski definition) is 1. The molecule has 1 aromatic heterocycles. The SMILES string of the molecule is O[C@H](c1ccc(Cl)cn1)C(F)(F)F. The molecule has 0 unspecified atom stereocenters. The third-order valence-corrected chi connectivity index (χ3v) is 1.56. The van der Waals surface area contributed by atoms with Gasteiger partial charge in [-0.1, -0.05) is 11.6 Å². The summed E-state index contributed by atoms with van der Waals surface area (Å²) in [7, 11) is 0. The van der Waals surface area contributed by atoms with Crippen LogP contribution in [0.4, 0.5) is 13.2 Å². The summed E-state index contributed by atoms with van der Waals surface area (Å²) in [5.41, 5.74) is -0.461. The summed E-state index contributed by atoms with van der Waals surface area (Å²) in [4.78, 5) is 3.34. The molecule has 0 aliphatic carbocycles. The van der Waals surface area contributed by atoms with Crippen molar-refractivity contribution in [3.63, 3.8) is 0 Å². The Morgan fingerprint density at radius 3 is 2.38 bits per heavy atom. The predicted molar refractivity (Wildman–Crippen MR) is 40.3 cm³/mol. The van der Waals surface area contributed by atoms with Gasteiger partial charge in [-0.25, -0.2) is 0 Å². The van der Waals surface area contributed by atoms with Gasteiger partial charge in [-0.2, -0.15) is 13.2 Å². The molecule has 1 atom stereocenters. The smallest absolute Gasteiger partial charge is 0.378 e. The lowest BCUT2D eigenvalue weighted by molar-refractivity contribution is -0.207. The Labute approximate surface area is 77.0 Å². The zero-order valence-corrected chi connectivity index (χ0v) is 6.97. The van der Waals surface area contributed by atoms with E-state index < -0.39 is 18.0 Å². The van der Waals surface area contributed by atoms with Crippen LogP contribution in [0.1, 0.15) is 11.8 Å². The van der Waals surface area contributed by atoms with E-state index in [-0.39, 0.29) is 5.02 Å². The van der Waals surface area contributed by atoms with Crippen LogP contribution in [0, 0.1) is 0 Å². The van der Waals surface area contributed by atoms with Crippen molar-refractivity contribution in [1.82, 2.24) is 4.98 Å². The van der Waals surface area contributed by atoms with Gasteiger partial charge < -0.3 is 5.11 Å². The van der Waals surface area contributed by atoms with Crippen LogP contribution in [0.25, 0.3) is 0 Å². The molecule has 0 saturated carbocycles. The number of alkyl halides is 3. The molecule has 2 nitrogen and oxygen atoms in total. The lowest BCUT2D eigenvalue weighted by Crippen LogP contribution is -2.21. The molecular weight excluding hydrogens is 207 g/mol. The largest absolute Gasteiger partial charge is 0.420 e. The van der Waals surface area contributed by atoms with Gasteiger partial charge in [-0.15, -0.1) is 0 Å². The second kappa shape index (κ2) is 3.51. The van der Waals surface area contributed by atoms with Crippen molar-refractivity contribution in [2.24, 2.45) is 0 Å². The first-order valence-electron chi connectivity index (χ1n) is 3.27. The molecule has 0 aromatic carbocycles. The third kappa shape index (κ3) is 2.57. The average molecular weight is 212 g/mol. The number of halogens is 4. The molecule has 1 N–H and O–H groups in total. The van der Waals surface area contributed by atoms with Crippen molar-refractivity contribution in [1.29, 1.82) is 0 Å². The molecule has 6 heteroatoms. The monoisotopic (exact) mass is 211 g/mol. The molecule has 1 aromatic rings. The van der Waals surface area contributed by atoms with E-state index in [1.165, 1.54) is 6.07 Å². The lowest BCUT2D eigenvalue weighted by atomic mass is 10.2. The van der Waals surface area contributed by atoms with Crippen molar-refractivity contribution in [3.05, 3.63) is 29.0 Å². The van der Waals surface area contributed by atoms with Crippen molar-refractivity contribution in [2.75, 3.05) is 0 Å². The van der Waals surface area contributed by atoms with Gasteiger partial charge in [0.15, 0.2) is 6.10 Å². The predicted octanol–water partition coefficient (Wildman–Crippen LogP) is 2.33. The van der Waals surface area contributed by atoms with E-state index in [0.29, 0.717) is 0 Å². The van der Waals surface area contributed by atoms with E-state index in [0.717, 1.165) is 12.3 Å². The van der Waals surface area contributed by atoms with Crippen LogP contribution in [0.3, 0.4) is 0 Å². The molecule has 1 rings (SSSR count). The van der Waals surface area contributed by atoms with Crippen molar-refractivity contribution >= 4 is 11.6 Å². The van der Waals surface area contributed by atoms with Crippen LogP contribution in [0.2, 0.25) is 5.02 Å². The second-order valence-corrected chi connectivity index (χ2v) is 2.78. The fraction of sp³-hybridized carbons (Fsp3) is 0.286. The van der Waals surface area contributed by atoms with Gasteiger partial charge in [-0.05, 0) is 12.1 Å². The number of pyridine rings is 1. The molecule has 0 amide bonds. The standard InChI is InChI=1S/C7H5ClF3NO/c8-4-1-2-5(12-3-4)6(13)7(9,10)11/h1-3,6,13H/t6-/m1/s1. The summed E-state index contributed by atoms with van der Waals surface area (Å²) in [5, 5.41) is 8.94. The second-order valence-electron chi connectivity index (χ2n) is 2.35. The Kier molecular flexibility index (Phi) is 2.77. The first kappa shape index (κ1) is 10.3. The highest BCUT2D eigenvalue weighted by molar-refractivity contribution is 6.30. The van der Waals surface area contributed by atoms with Crippen molar-refractivity contribution in [3.8, 4) is 0 Å². The van der Waals surface area contributed by atoms with Crippen molar-refractivity contribution < 1.29 is 18.3 Å². The summed E-state index contributed by atoms with van der Waals surface area (Å²) in [6, 6.07) is 2.26. The molecule has 0 aliphatic heterocycles. The van der Waals surface area contributed by atoms with Gasteiger partial charge in [0, 0.05) is 6.20 Å². The van der Waals surface area contributed by atoms with Gasteiger partial charge in [0.25, 0.3) is 0 Å². The maximum atomic E-state index is 11.9. The Hall–Kier alpha value is -0.810. The minimum atomic E-state index is -4.69. The third-order valence-electron chi connectivity index (χ3n) is 1.34. The Balaban J connectivity index is 2.90. The first-order chi connectivity index (χ1) is 5.91. The molecule has 0 aliphatic rings. The Bertz CT molecular complexity index is 285. The molecule has 72 valence electrons. The summed E-state index contributed by atoms with van der Waals surface area (Å²) >= 11 is 5.41. The fourth-order valence-corrected chi connectivity index (χ4v) is 0.828. The maximum absolute atomic E-state index is 11.9. The Morgan fingerprint density at radius 1 is 1.38 bits per heavy atom. The van der Waals surface area contributed by atoms with Gasteiger partial charge in [0.1, 0.15) is 0 Å². The number of rotatable bonds is 1. The molecule has 0 spiro atoms. The van der Waals surface area contributed by atoms with E-state index in [1.807, 2.05) is 0 Å². The zero-order chi connectivity index (χ0) is 10.1. The fourth-order valence-electron chi connectivity index (χ4n) is 0.717. The first-order valence-corrected chi connectivity index (χ1v) is 3.65. The number of nitrogens with zero attached hydrogens (tertiary/aromatic N) is 1. The average Bonchev–Trinajstić information content (AvgIpc) is 2.03. The number of aliphatic hydroxyl groups is 1. The molecule has 0 radical (unpaired) electrons. The topological polar surface area (TPSA) is 33.1 Å². The minimum Gasteiger partial charge on any atom is -0.378 e. The van der Waals surface area contributed by atoms with Crippen LogP contribution in [0.15, 0.2) is 18.3 Å². The molecule has 1 heterocycles. The molecular formula is C7H5ClF3NO. The van der Waals surface area contributed by atoms with Gasteiger partial charge in [0.05, 0.1) is 10.7 Å². The van der Waals surface area contributed by atoms with Crippen LogP contribution in [0.5, 0.6) is 0 Å². The summed E-state index contributed by atoms with van der Waals surface area (Å²) in [5.74, 6) is 0. The van der Waals surface area contributed by atoms with E-state index >= 15 is 0 Å².